The number of hydrogen-bond donors (Lipinski definition) is 2. The van der Waals surface area contributed by atoms with Gasteiger partial charge in [0.25, 0.3) is 0 Å². The molecule has 1 saturated heterocycles. The van der Waals surface area contributed by atoms with Crippen molar-refractivity contribution in [2.75, 3.05) is 6.54 Å². The van der Waals surface area contributed by atoms with Gasteiger partial charge in [-0.2, -0.15) is 5.10 Å². The molecule has 0 radical (unpaired) electrons. The second-order valence-corrected chi connectivity index (χ2v) is 4.06. The average Bonchev–Trinajstić information content (AvgIpc) is 2.58. The Hall–Kier alpha value is -0.940. The van der Waals surface area contributed by atoms with Crippen LogP contribution in [-0.2, 0) is 12.6 Å². The summed E-state index contributed by atoms with van der Waals surface area (Å²) in [5.74, 6) is 0.650. The summed E-state index contributed by atoms with van der Waals surface area (Å²) in [5, 5.41) is 17.6. The van der Waals surface area contributed by atoms with E-state index in [0.29, 0.717) is 18.4 Å². The molecule has 2 unspecified atom stereocenters. The van der Waals surface area contributed by atoms with Crippen molar-refractivity contribution < 1.29 is 5.11 Å². The molecule has 0 saturated carbocycles. The van der Waals surface area contributed by atoms with Crippen LogP contribution in [0.2, 0.25) is 0 Å². The Morgan fingerprint density at radius 3 is 3.00 bits per heavy atom. The molecule has 2 N–H and O–H groups in total. The summed E-state index contributed by atoms with van der Waals surface area (Å²) in [5.41, 5.74) is -0.849. The normalized spacial score (nSPS) is 33.2. The van der Waals surface area contributed by atoms with Gasteiger partial charge in [-0.3, -0.25) is 4.68 Å². The highest BCUT2D eigenvalue weighted by Gasteiger charge is 2.36. The van der Waals surface area contributed by atoms with E-state index in [1.807, 2.05) is 0 Å². The summed E-state index contributed by atoms with van der Waals surface area (Å²) in [4.78, 5) is 4.10. The number of hydrogen-bond acceptors (Lipinski definition) is 4. The van der Waals surface area contributed by atoms with Crippen LogP contribution >= 0.6 is 0 Å². The van der Waals surface area contributed by atoms with E-state index in [-0.39, 0.29) is 0 Å². The molecule has 0 aliphatic carbocycles. The van der Waals surface area contributed by atoms with E-state index in [1.54, 1.807) is 11.7 Å². The third-order valence-corrected chi connectivity index (χ3v) is 2.86. The largest absolute Gasteiger partial charge is 0.381 e. The van der Waals surface area contributed by atoms with E-state index in [2.05, 4.69) is 22.3 Å². The number of aryl methyl sites for hydroxylation is 1. The second kappa shape index (κ2) is 3.33. The van der Waals surface area contributed by atoms with E-state index < -0.39 is 5.60 Å². The summed E-state index contributed by atoms with van der Waals surface area (Å²) < 4.78 is 1.64. The fourth-order valence-electron chi connectivity index (χ4n) is 1.90. The summed E-state index contributed by atoms with van der Waals surface area (Å²) in [6, 6.07) is 0.475. The van der Waals surface area contributed by atoms with E-state index in [4.69, 9.17) is 0 Å². The standard InChI is InChI=1S/C9H16N4O/c1-7-3-4-9(14,5-10-7)8-11-6-12-13(8)2/h6-7,10,14H,3-5H2,1-2H3. The van der Waals surface area contributed by atoms with Crippen LogP contribution in [0, 0.1) is 0 Å². The average molecular weight is 196 g/mol. The van der Waals surface area contributed by atoms with Crippen molar-refractivity contribution in [2.45, 2.75) is 31.4 Å². The molecule has 5 heteroatoms. The minimum absolute atomic E-state index is 0.475. The van der Waals surface area contributed by atoms with Gasteiger partial charge in [0.15, 0.2) is 5.82 Å². The fourth-order valence-corrected chi connectivity index (χ4v) is 1.90. The van der Waals surface area contributed by atoms with Gasteiger partial charge in [0, 0.05) is 19.6 Å². The van der Waals surface area contributed by atoms with Crippen LogP contribution in [0.5, 0.6) is 0 Å². The molecule has 1 fully saturated rings. The number of aliphatic hydroxyl groups is 1. The Bertz CT molecular complexity index is 314. The van der Waals surface area contributed by atoms with Gasteiger partial charge in [-0.05, 0) is 19.8 Å². The molecule has 0 aromatic carbocycles. The van der Waals surface area contributed by atoms with Crippen LogP contribution in [0.1, 0.15) is 25.6 Å². The lowest BCUT2D eigenvalue weighted by atomic mass is 9.90. The summed E-state index contributed by atoms with van der Waals surface area (Å²) in [6.07, 6.45) is 3.18. The van der Waals surface area contributed by atoms with Gasteiger partial charge < -0.3 is 10.4 Å². The Labute approximate surface area is 83.2 Å². The van der Waals surface area contributed by atoms with Gasteiger partial charge in [0.05, 0.1) is 0 Å². The lowest BCUT2D eigenvalue weighted by Crippen LogP contribution is -2.48. The van der Waals surface area contributed by atoms with Gasteiger partial charge in [0.2, 0.25) is 0 Å². The lowest BCUT2D eigenvalue weighted by molar-refractivity contribution is -0.00740. The van der Waals surface area contributed by atoms with E-state index in [1.165, 1.54) is 6.33 Å². The SMILES string of the molecule is CC1CCC(O)(c2ncnn2C)CN1. The molecule has 2 heterocycles. The van der Waals surface area contributed by atoms with E-state index in [9.17, 15) is 5.11 Å². The van der Waals surface area contributed by atoms with Crippen LogP contribution < -0.4 is 5.32 Å². The minimum Gasteiger partial charge on any atom is -0.381 e. The molecule has 1 aromatic rings. The Morgan fingerprint density at radius 2 is 2.50 bits per heavy atom. The van der Waals surface area contributed by atoms with Crippen molar-refractivity contribution in [3.8, 4) is 0 Å². The maximum absolute atomic E-state index is 10.3. The number of rotatable bonds is 1. The predicted octanol–water partition coefficient (Wildman–Crippen LogP) is -0.225. The smallest absolute Gasteiger partial charge is 0.159 e. The monoisotopic (exact) mass is 196 g/mol. The van der Waals surface area contributed by atoms with Gasteiger partial charge >= 0.3 is 0 Å². The van der Waals surface area contributed by atoms with Gasteiger partial charge in [-0.15, -0.1) is 0 Å². The zero-order valence-corrected chi connectivity index (χ0v) is 8.56. The molecule has 5 nitrogen and oxygen atoms in total. The Balaban J connectivity index is 2.21. The highest BCUT2D eigenvalue weighted by molar-refractivity contribution is 5.04. The molecule has 2 rings (SSSR count). The van der Waals surface area contributed by atoms with Crippen molar-refractivity contribution in [3.63, 3.8) is 0 Å². The molecule has 78 valence electrons. The highest BCUT2D eigenvalue weighted by Crippen LogP contribution is 2.27. The molecule has 0 bridgehead atoms. The first-order valence-electron chi connectivity index (χ1n) is 4.92. The third kappa shape index (κ3) is 1.53. The van der Waals surface area contributed by atoms with Crippen LogP contribution in [0.15, 0.2) is 6.33 Å². The molecule has 1 aliphatic heterocycles. The number of aromatic nitrogens is 3. The Kier molecular flexibility index (Phi) is 2.28. The number of nitrogens with zero attached hydrogens (tertiary/aromatic N) is 3. The van der Waals surface area contributed by atoms with Crippen LogP contribution in [0.4, 0.5) is 0 Å². The Morgan fingerprint density at radius 1 is 1.71 bits per heavy atom. The van der Waals surface area contributed by atoms with E-state index in [0.717, 1.165) is 12.8 Å². The maximum Gasteiger partial charge on any atom is 0.159 e. The number of β-amino-alcohol motifs (C(OH)–C–C–N with tert-alkyl or cyclic N) is 1. The van der Waals surface area contributed by atoms with Crippen molar-refractivity contribution in [1.29, 1.82) is 0 Å². The summed E-state index contributed by atoms with van der Waals surface area (Å²) in [6.45, 7) is 2.68. The topological polar surface area (TPSA) is 63.0 Å². The molecule has 0 amide bonds. The van der Waals surface area contributed by atoms with E-state index >= 15 is 0 Å². The highest BCUT2D eigenvalue weighted by atomic mass is 16.3. The summed E-state index contributed by atoms with van der Waals surface area (Å²) >= 11 is 0. The fraction of sp³-hybridized carbons (Fsp3) is 0.778. The predicted molar refractivity (Wildman–Crippen MR) is 51.6 cm³/mol. The van der Waals surface area contributed by atoms with Crippen LogP contribution in [0.25, 0.3) is 0 Å². The molecule has 2 atom stereocenters. The third-order valence-electron chi connectivity index (χ3n) is 2.86. The lowest BCUT2D eigenvalue weighted by Gasteiger charge is -2.34. The molecular formula is C9H16N4O. The molecule has 1 aliphatic rings. The molecular weight excluding hydrogens is 180 g/mol. The maximum atomic E-state index is 10.3. The zero-order chi connectivity index (χ0) is 10.2. The minimum atomic E-state index is -0.849. The molecule has 14 heavy (non-hydrogen) atoms. The van der Waals surface area contributed by atoms with Crippen molar-refractivity contribution in [3.05, 3.63) is 12.2 Å². The van der Waals surface area contributed by atoms with Crippen molar-refractivity contribution in [1.82, 2.24) is 20.1 Å². The zero-order valence-electron chi connectivity index (χ0n) is 8.56. The van der Waals surface area contributed by atoms with Gasteiger partial charge in [-0.25, -0.2) is 4.98 Å². The molecule has 0 spiro atoms. The van der Waals surface area contributed by atoms with Gasteiger partial charge in [0.1, 0.15) is 11.9 Å². The molecule has 1 aromatic heterocycles. The van der Waals surface area contributed by atoms with Crippen molar-refractivity contribution >= 4 is 0 Å². The van der Waals surface area contributed by atoms with Crippen LogP contribution in [0.3, 0.4) is 0 Å². The first-order valence-corrected chi connectivity index (χ1v) is 4.92. The first kappa shape index (κ1) is 9.61. The first-order chi connectivity index (χ1) is 6.62. The van der Waals surface area contributed by atoms with Crippen LogP contribution in [-0.4, -0.2) is 32.5 Å². The quantitative estimate of drug-likeness (QED) is 0.651. The van der Waals surface area contributed by atoms with Gasteiger partial charge in [-0.1, -0.05) is 0 Å². The number of piperidine rings is 1. The second-order valence-electron chi connectivity index (χ2n) is 4.06. The number of nitrogens with one attached hydrogen (secondary N) is 1. The van der Waals surface area contributed by atoms with Crippen molar-refractivity contribution in [2.24, 2.45) is 7.05 Å². The summed E-state index contributed by atoms with van der Waals surface area (Å²) in [7, 11) is 1.80.